The number of esters is 1. The van der Waals surface area contributed by atoms with E-state index in [1.165, 1.54) is 22.3 Å². The lowest BCUT2D eigenvalue weighted by molar-refractivity contribution is 0.0520. The molecule has 0 fully saturated rings. The summed E-state index contributed by atoms with van der Waals surface area (Å²) >= 11 is 0. The largest absolute Gasteiger partial charge is 0.461 e. The first kappa shape index (κ1) is 22.5. The van der Waals surface area contributed by atoms with Crippen molar-refractivity contribution in [2.45, 2.75) is 12.8 Å². The maximum Gasteiger partial charge on any atom is 0.407 e. The van der Waals surface area contributed by atoms with Crippen LogP contribution in [0.5, 0.6) is 0 Å². The Labute approximate surface area is 203 Å². The van der Waals surface area contributed by atoms with Crippen LogP contribution in [0.2, 0.25) is 0 Å². The molecule has 4 aromatic rings. The Morgan fingerprint density at radius 1 is 0.943 bits per heavy atom. The molecule has 0 saturated carbocycles. The summed E-state index contributed by atoms with van der Waals surface area (Å²) in [6.45, 7) is 2.74. The minimum atomic E-state index is -0.449. The van der Waals surface area contributed by atoms with Gasteiger partial charge < -0.3 is 19.8 Å². The zero-order valence-corrected chi connectivity index (χ0v) is 19.4. The maximum atomic E-state index is 12.3. The number of carbonyl (C=O) groups excluding carboxylic acids is 2. The second-order valence-corrected chi connectivity index (χ2v) is 8.36. The molecule has 0 bridgehead atoms. The monoisotopic (exact) mass is 466 g/mol. The minimum Gasteiger partial charge on any atom is -0.461 e. The lowest BCUT2D eigenvalue weighted by Gasteiger charge is -2.14. The molecule has 0 saturated heterocycles. The van der Waals surface area contributed by atoms with Crippen LogP contribution in [0, 0.1) is 0 Å². The van der Waals surface area contributed by atoms with Gasteiger partial charge in [-0.15, -0.1) is 0 Å². The maximum absolute atomic E-state index is 12.3. The van der Waals surface area contributed by atoms with E-state index in [1.807, 2.05) is 54.6 Å². The number of benzene rings is 3. The summed E-state index contributed by atoms with van der Waals surface area (Å²) < 4.78 is 10.6. The van der Waals surface area contributed by atoms with Crippen molar-refractivity contribution in [2.75, 3.05) is 19.8 Å². The number of alkyl carbamates (subject to hydrolysis) is 1. The molecule has 0 unspecified atom stereocenters. The number of aromatic amines is 1. The van der Waals surface area contributed by atoms with E-state index in [1.54, 1.807) is 13.0 Å². The number of nitrogens with one attached hydrogen (secondary N) is 2. The predicted molar refractivity (Wildman–Crippen MR) is 136 cm³/mol. The van der Waals surface area contributed by atoms with Gasteiger partial charge in [-0.05, 0) is 46.9 Å². The van der Waals surface area contributed by atoms with E-state index in [2.05, 4.69) is 34.6 Å². The predicted octanol–water partition coefficient (Wildman–Crippen LogP) is 5.90. The highest BCUT2D eigenvalue weighted by atomic mass is 16.5. The molecule has 1 heterocycles. The van der Waals surface area contributed by atoms with Gasteiger partial charge in [0.15, 0.2) is 0 Å². The molecule has 6 nitrogen and oxygen atoms in total. The molecule has 3 aromatic carbocycles. The Hall–Kier alpha value is -4.32. The zero-order chi connectivity index (χ0) is 24.2. The lowest BCUT2D eigenvalue weighted by Crippen LogP contribution is -2.26. The fourth-order valence-electron chi connectivity index (χ4n) is 4.55. The molecular weight excluding hydrogens is 440 g/mol. The third kappa shape index (κ3) is 4.68. The molecule has 0 aliphatic heterocycles. The fourth-order valence-corrected chi connectivity index (χ4v) is 4.55. The van der Waals surface area contributed by atoms with Crippen LogP contribution in [0.3, 0.4) is 0 Å². The van der Waals surface area contributed by atoms with E-state index in [9.17, 15) is 9.59 Å². The molecule has 6 heteroatoms. The number of H-pyrrole nitrogens is 1. The van der Waals surface area contributed by atoms with Crippen LogP contribution < -0.4 is 5.32 Å². The van der Waals surface area contributed by atoms with Gasteiger partial charge in [0.2, 0.25) is 0 Å². The van der Waals surface area contributed by atoms with Crippen LogP contribution in [-0.4, -0.2) is 36.8 Å². The quantitative estimate of drug-likeness (QED) is 0.333. The molecule has 0 radical (unpaired) electrons. The smallest absolute Gasteiger partial charge is 0.407 e. The van der Waals surface area contributed by atoms with Crippen LogP contribution in [0.1, 0.15) is 40.0 Å². The number of aromatic nitrogens is 1. The van der Waals surface area contributed by atoms with Gasteiger partial charge >= 0.3 is 12.1 Å². The highest BCUT2D eigenvalue weighted by Gasteiger charge is 2.28. The van der Waals surface area contributed by atoms with Crippen molar-refractivity contribution in [3.8, 4) is 11.1 Å². The molecule has 0 spiro atoms. The molecule has 35 heavy (non-hydrogen) atoms. The van der Waals surface area contributed by atoms with Crippen molar-refractivity contribution >= 4 is 29.0 Å². The third-order valence-electron chi connectivity index (χ3n) is 6.16. The SMILES string of the molecule is CCOC(=O)c1cc2ccc(C=CCNC(=O)OCC3c4ccccc4-c4ccccc43)cc2[nH]1. The Kier molecular flexibility index (Phi) is 6.35. The van der Waals surface area contributed by atoms with Crippen LogP contribution in [-0.2, 0) is 9.47 Å². The number of fused-ring (bicyclic) bond motifs is 4. The first-order valence-corrected chi connectivity index (χ1v) is 11.7. The Bertz CT molecular complexity index is 1370. The van der Waals surface area contributed by atoms with Crippen LogP contribution in [0.4, 0.5) is 4.79 Å². The number of hydrogen-bond acceptors (Lipinski definition) is 4. The summed E-state index contributed by atoms with van der Waals surface area (Å²) in [4.78, 5) is 27.3. The van der Waals surface area contributed by atoms with E-state index >= 15 is 0 Å². The normalized spacial score (nSPS) is 12.5. The number of carbonyl (C=O) groups is 2. The summed E-state index contributed by atoms with van der Waals surface area (Å²) in [5.74, 6) is -0.330. The van der Waals surface area contributed by atoms with Crippen molar-refractivity contribution in [1.82, 2.24) is 10.3 Å². The van der Waals surface area contributed by atoms with E-state index in [0.717, 1.165) is 16.5 Å². The molecule has 1 aliphatic carbocycles. The fraction of sp³-hybridized carbons (Fsp3) is 0.172. The van der Waals surface area contributed by atoms with Gasteiger partial charge in [0.25, 0.3) is 0 Å². The standard InChI is InChI=1S/C29H26N2O4/c1-2-34-28(32)27-17-20-14-13-19(16-26(20)31-27)8-7-15-30-29(33)35-18-25-23-11-5-3-9-21(23)22-10-4-6-12-24(22)25/h3-14,16-17,25,31H,2,15,18H2,1H3,(H,30,33). The van der Waals surface area contributed by atoms with Crippen molar-refractivity contribution in [2.24, 2.45) is 0 Å². The summed E-state index contributed by atoms with van der Waals surface area (Å²) in [5.41, 5.74) is 7.00. The number of ether oxygens (including phenoxy) is 2. The number of rotatable bonds is 7. The highest BCUT2D eigenvalue weighted by molar-refractivity contribution is 5.95. The molecule has 5 rings (SSSR count). The first-order valence-electron chi connectivity index (χ1n) is 11.7. The summed E-state index contributed by atoms with van der Waals surface area (Å²) in [5, 5.41) is 3.71. The molecule has 0 atom stereocenters. The van der Waals surface area contributed by atoms with Crippen LogP contribution >= 0.6 is 0 Å². The van der Waals surface area contributed by atoms with Crippen LogP contribution in [0.25, 0.3) is 28.1 Å². The molecule has 176 valence electrons. The van der Waals surface area contributed by atoms with E-state index < -0.39 is 6.09 Å². The topological polar surface area (TPSA) is 80.4 Å². The molecule has 1 amide bonds. The summed E-state index contributed by atoms with van der Waals surface area (Å²) in [6.07, 6.45) is 3.32. The van der Waals surface area contributed by atoms with E-state index in [-0.39, 0.29) is 18.5 Å². The second-order valence-electron chi connectivity index (χ2n) is 8.36. The van der Waals surface area contributed by atoms with Gasteiger partial charge in [-0.1, -0.05) is 72.8 Å². The Morgan fingerprint density at radius 2 is 1.66 bits per heavy atom. The molecule has 1 aliphatic rings. The van der Waals surface area contributed by atoms with Gasteiger partial charge in [0.05, 0.1) is 6.61 Å². The summed E-state index contributed by atoms with van der Waals surface area (Å²) in [7, 11) is 0. The van der Waals surface area contributed by atoms with Crippen molar-refractivity contribution in [1.29, 1.82) is 0 Å². The van der Waals surface area contributed by atoms with Crippen molar-refractivity contribution in [3.05, 3.63) is 101 Å². The highest BCUT2D eigenvalue weighted by Crippen LogP contribution is 2.44. The second kappa shape index (κ2) is 9.89. The molecule has 2 N–H and O–H groups in total. The number of hydrogen-bond donors (Lipinski definition) is 2. The van der Waals surface area contributed by atoms with E-state index in [0.29, 0.717) is 18.8 Å². The third-order valence-corrected chi connectivity index (χ3v) is 6.16. The van der Waals surface area contributed by atoms with Crippen molar-refractivity contribution in [3.63, 3.8) is 0 Å². The number of amides is 1. The lowest BCUT2D eigenvalue weighted by atomic mass is 9.98. The Morgan fingerprint density at radius 3 is 2.37 bits per heavy atom. The van der Waals surface area contributed by atoms with Gasteiger partial charge in [-0.3, -0.25) is 0 Å². The Balaban J connectivity index is 1.15. The molecular formula is C29H26N2O4. The molecule has 1 aromatic heterocycles. The average molecular weight is 467 g/mol. The average Bonchev–Trinajstić information content (AvgIpc) is 3.45. The van der Waals surface area contributed by atoms with E-state index in [4.69, 9.17) is 9.47 Å². The van der Waals surface area contributed by atoms with Gasteiger partial charge in [0.1, 0.15) is 12.3 Å². The van der Waals surface area contributed by atoms with Gasteiger partial charge in [-0.25, -0.2) is 9.59 Å². The minimum absolute atomic E-state index is 0.0377. The van der Waals surface area contributed by atoms with Gasteiger partial charge in [0, 0.05) is 23.4 Å². The first-order chi connectivity index (χ1) is 17.1. The van der Waals surface area contributed by atoms with Crippen molar-refractivity contribution < 1.29 is 19.1 Å². The van der Waals surface area contributed by atoms with Gasteiger partial charge in [-0.2, -0.15) is 0 Å². The van der Waals surface area contributed by atoms with Crippen LogP contribution in [0.15, 0.2) is 78.9 Å². The summed E-state index contributed by atoms with van der Waals surface area (Å²) in [6, 6.07) is 24.1. The zero-order valence-electron chi connectivity index (χ0n) is 19.4.